The van der Waals surface area contributed by atoms with Crippen LogP contribution in [0.1, 0.15) is 38.2 Å². The fourth-order valence-corrected chi connectivity index (χ4v) is 1.55. The molecule has 0 unspecified atom stereocenters. The highest BCUT2D eigenvalue weighted by atomic mass is 16.5. The molecule has 2 N–H and O–H groups in total. The number of ether oxygens (including phenoxy) is 1. The summed E-state index contributed by atoms with van der Waals surface area (Å²) in [7, 11) is 0. The average Bonchev–Trinajstić information content (AvgIpc) is 2.20. The molecule has 1 aromatic rings. The standard InChI is InChI=1S/C13H21NO/c1-3-4-5-6-9-15-13-8-7-12(14)10-11(13)2/h7-8,10H,3-6,9,14H2,1-2H3. The molecule has 0 bridgehead atoms. The summed E-state index contributed by atoms with van der Waals surface area (Å²) in [5, 5.41) is 0. The maximum absolute atomic E-state index is 5.68. The molecular formula is C13H21NO. The first kappa shape index (κ1) is 11.9. The molecular weight excluding hydrogens is 186 g/mol. The van der Waals surface area contributed by atoms with Gasteiger partial charge in [-0.2, -0.15) is 0 Å². The van der Waals surface area contributed by atoms with Gasteiger partial charge in [0.25, 0.3) is 0 Å². The van der Waals surface area contributed by atoms with Crippen LogP contribution in [-0.2, 0) is 0 Å². The second-order valence-corrected chi connectivity index (χ2v) is 3.93. The summed E-state index contributed by atoms with van der Waals surface area (Å²) in [5.74, 6) is 0.959. The van der Waals surface area contributed by atoms with Gasteiger partial charge in [0.1, 0.15) is 5.75 Å². The molecule has 0 heterocycles. The van der Waals surface area contributed by atoms with E-state index < -0.39 is 0 Å². The summed E-state index contributed by atoms with van der Waals surface area (Å²) >= 11 is 0. The lowest BCUT2D eigenvalue weighted by Crippen LogP contribution is -1.99. The first-order valence-electron chi connectivity index (χ1n) is 5.73. The Labute approximate surface area is 92.4 Å². The molecule has 0 atom stereocenters. The second-order valence-electron chi connectivity index (χ2n) is 3.93. The van der Waals surface area contributed by atoms with E-state index >= 15 is 0 Å². The Morgan fingerprint density at radius 2 is 2.00 bits per heavy atom. The highest BCUT2D eigenvalue weighted by Gasteiger charge is 1.99. The number of aryl methyl sites for hydroxylation is 1. The predicted octanol–water partition coefficient (Wildman–Crippen LogP) is 3.54. The molecule has 1 rings (SSSR count). The Kier molecular flexibility index (Phi) is 5.02. The number of rotatable bonds is 6. The third kappa shape index (κ3) is 4.24. The topological polar surface area (TPSA) is 35.2 Å². The minimum atomic E-state index is 0.797. The summed E-state index contributed by atoms with van der Waals surface area (Å²) in [6.45, 7) is 5.05. The van der Waals surface area contributed by atoms with Crippen LogP contribution >= 0.6 is 0 Å². The van der Waals surface area contributed by atoms with Gasteiger partial charge in [-0.15, -0.1) is 0 Å². The number of hydrogen-bond acceptors (Lipinski definition) is 2. The number of nitrogen functional groups attached to an aromatic ring is 1. The fourth-order valence-electron chi connectivity index (χ4n) is 1.55. The predicted molar refractivity (Wildman–Crippen MR) is 65.2 cm³/mol. The third-order valence-corrected chi connectivity index (χ3v) is 2.45. The SMILES string of the molecule is CCCCCCOc1ccc(N)cc1C. The van der Waals surface area contributed by atoms with Crippen LogP contribution in [0.2, 0.25) is 0 Å². The van der Waals surface area contributed by atoms with Crippen LogP contribution in [0.15, 0.2) is 18.2 Å². The van der Waals surface area contributed by atoms with Crippen LogP contribution in [0.5, 0.6) is 5.75 Å². The van der Waals surface area contributed by atoms with Crippen molar-refractivity contribution in [3.63, 3.8) is 0 Å². The molecule has 0 spiro atoms. The van der Waals surface area contributed by atoms with Crippen LogP contribution < -0.4 is 10.5 Å². The van der Waals surface area contributed by atoms with Crippen molar-refractivity contribution >= 4 is 5.69 Å². The molecule has 2 nitrogen and oxygen atoms in total. The highest BCUT2D eigenvalue weighted by Crippen LogP contribution is 2.20. The van der Waals surface area contributed by atoms with Crippen LogP contribution in [0.25, 0.3) is 0 Å². The lowest BCUT2D eigenvalue weighted by atomic mass is 10.2. The molecule has 0 radical (unpaired) electrons. The number of unbranched alkanes of at least 4 members (excludes halogenated alkanes) is 3. The fraction of sp³-hybridized carbons (Fsp3) is 0.538. The highest BCUT2D eigenvalue weighted by molar-refractivity contribution is 5.47. The van der Waals surface area contributed by atoms with Gasteiger partial charge in [-0.1, -0.05) is 26.2 Å². The largest absolute Gasteiger partial charge is 0.493 e. The van der Waals surface area contributed by atoms with Gasteiger partial charge in [0.15, 0.2) is 0 Å². The Bertz CT molecular complexity index is 297. The van der Waals surface area contributed by atoms with E-state index in [1.807, 2.05) is 25.1 Å². The van der Waals surface area contributed by atoms with Crippen LogP contribution in [0.4, 0.5) is 5.69 Å². The van der Waals surface area contributed by atoms with E-state index in [9.17, 15) is 0 Å². The van der Waals surface area contributed by atoms with Crippen molar-refractivity contribution in [1.29, 1.82) is 0 Å². The number of nitrogens with two attached hydrogens (primary N) is 1. The molecule has 84 valence electrons. The first-order valence-corrected chi connectivity index (χ1v) is 5.73. The average molecular weight is 207 g/mol. The minimum Gasteiger partial charge on any atom is -0.493 e. The number of anilines is 1. The lowest BCUT2D eigenvalue weighted by molar-refractivity contribution is 0.303. The van der Waals surface area contributed by atoms with Crippen LogP contribution in [0, 0.1) is 6.92 Å². The summed E-state index contributed by atoms with van der Waals surface area (Å²) in [5.41, 5.74) is 7.58. The molecule has 0 saturated heterocycles. The van der Waals surface area contributed by atoms with Gasteiger partial charge in [-0.3, -0.25) is 0 Å². The number of hydrogen-bond donors (Lipinski definition) is 1. The zero-order valence-corrected chi connectivity index (χ0v) is 9.75. The van der Waals surface area contributed by atoms with E-state index in [0.717, 1.165) is 30.0 Å². The first-order chi connectivity index (χ1) is 7.24. The van der Waals surface area contributed by atoms with E-state index in [-0.39, 0.29) is 0 Å². The monoisotopic (exact) mass is 207 g/mol. The van der Waals surface area contributed by atoms with Gasteiger partial charge in [-0.05, 0) is 37.1 Å². The van der Waals surface area contributed by atoms with Gasteiger partial charge in [0.05, 0.1) is 6.61 Å². The van der Waals surface area contributed by atoms with Gasteiger partial charge < -0.3 is 10.5 Å². The molecule has 0 aliphatic carbocycles. The Morgan fingerprint density at radius 1 is 1.20 bits per heavy atom. The molecule has 0 saturated carbocycles. The summed E-state index contributed by atoms with van der Waals surface area (Å²) in [6.07, 6.45) is 4.95. The van der Waals surface area contributed by atoms with Crippen molar-refractivity contribution in [2.24, 2.45) is 0 Å². The van der Waals surface area contributed by atoms with Gasteiger partial charge >= 0.3 is 0 Å². The van der Waals surface area contributed by atoms with Crippen molar-refractivity contribution in [3.05, 3.63) is 23.8 Å². The van der Waals surface area contributed by atoms with Gasteiger partial charge in [-0.25, -0.2) is 0 Å². The van der Waals surface area contributed by atoms with E-state index in [1.165, 1.54) is 19.3 Å². The van der Waals surface area contributed by atoms with Crippen molar-refractivity contribution in [1.82, 2.24) is 0 Å². The summed E-state index contributed by atoms with van der Waals surface area (Å²) < 4.78 is 5.68. The molecule has 0 amide bonds. The zero-order valence-electron chi connectivity index (χ0n) is 9.75. The molecule has 15 heavy (non-hydrogen) atoms. The van der Waals surface area contributed by atoms with Crippen molar-refractivity contribution in [2.45, 2.75) is 39.5 Å². The maximum atomic E-state index is 5.68. The Balaban J connectivity index is 2.31. The van der Waals surface area contributed by atoms with E-state index in [0.29, 0.717) is 0 Å². The molecule has 1 aromatic carbocycles. The second kappa shape index (κ2) is 6.33. The van der Waals surface area contributed by atoms with E-state index in [2.05, 4.69) is 6.92 Å². The van der Waals surface area contributed by atoms with E-state index in [1.54, 1.807) is 0 Å². The normalized spacial score (nSPS) is 10.3. The number of benzene rings is 1. The third-order valence-electron chi connectivity index (χ3n) is 2.45. The van der Waals surface area contributed by atoms with Gasteiger partial charge in [0, 0.05) is 5.69 Å². The summed E-state index contributed by atoms with van der Waals surface area (Å²) in [4.78, 5) is 0. The van der Waals surface area contributed by atoms with E-state index in [4.69, 9.17) is 10.5 Å². The smallest absolute Gasteiger partial charge is 0.122 e. The van der Waals surface area contributed by atoms with Crippen molar-refractivity contribution in [3.8, 4) is 5.75 Å². The molecule has 0 aliphatic heterocycles. The zero-order chi connectivity index (χ0) is 11.1. The molecule has 0 aromatic heterocycles. The Morgan fingerprint density at radius 3 is 2.67 bits per heavy atom. The quantitative estimate of drug-likeness (QED) is 0.572. The van der Waals surface area contributed by atoms with Crippen molar-refractivity contribution < 1.29 is 4.74 Å². The molecule has 0 fully saturated rings. The molecule has 0 aliphatic rings. The van der Waals surface area contributed by atoms with Crippen LogP contribution in [0.3, 0.4) is 0 Å². The Hall–Kier alpha value is -1.18. The maximum Gasteiger partial charge on any atom is 0.122 e. The lowest BCUT2D eigenvalue weighted by Gasteiger charge is -2.09. The van der Waals surface area contributed by atoms with Crippen LogP contribution in [-0.4, -0.2) is 6.61 Å². The van der Waals surface area contributed by atoms with Crippen molar-refractivity contribution in [2.75, 3.05) is 12.3 Å². The molecule has 2 heteroatoms. The summed E-state index contributed by atoms with van der Waals surface area (Å²) in [6, 6.07) is 5.78. The minimum absolute atomic E-state index is 0.797. The van der Waals surface area contributed by atoms with Gasteiger partial charge in [0.2, 0.25) is 0 Å².